The van der Waals surface area contributed by atoms with Gasteiger partial charge in [0.05, 0.1) is 6.61 Å². The molecule has 1 unspecified atom stereocenters. The maximum Gasteiger partial charge on any atom is 0.329 e. The van der Waals surface area contributed by atoms with Gasteiger partial charge in [-0.1, -0.05) is 0 Å². The summed E-state index contributed by atoms with van der Waals surface area (Å²) in [6, 6.07) is -0.415. The van der Waals surface area contributed by atoms with E-state index >= 15 is 0 Å². The number of ether oxygens (including phenoxy) is 1. The van der Waals surface area contributed by atoms with Gasteiger partial charge in [0.2, 0.25) is 0 Å². The topological polar surface area (TPSA) is 49.9 Å². The lowest BCUT2D eigenvalue weighted by molar-refractivity contribution is -0.152. The molecule has 0 aromatic heterocycles. The van der Waals surface area contributed by atoms with E-state index in [1.54, 1.807) is 6.92 Å². The van der Waals surface area contributed by atoms with Crippen LogP contribution in [0.2, 0.25) is 0 Å². The van der Waals surface area contributed by atoms with E-state index in [4.69, 9.17) is 4.74 Å². The molecule has 0 radical (unpaired) electrons. The van der Waals surface area contributed by atoms with E-state index < -0.39 is 6.04 Å². The van der Waals surface area contributed by atoms with Gasteiger partial charge in [0.1, 0.15) is 11.9 Å². The fraction of sp³-hybridized carbons (Fsp3) is 0.733. The van der Waals surface area contributed by atoms with Gasteiger partial charge in [-0.25, -0.2) is 4.79 Å². The molecular weight excluding hydrogens is 256 g/mol. The second-order valence-corrected chi connectivity index (χ2v) is 5.69. The lowest BCUT2D eigenvalue weighted by atomic mass is 9.93. The first kappa shape index (κ1) is 13.5. The fourth-order valence-corrected chi connectivity index (χ4v) is 3.55. The average Bonchev–Trinajstić information content (AvgIpc) is 2.66. The second kappa shape index (κ2) is 5.46. The minimum Gasteiger partial charge on any atom is -0.464 e. The van der Waals surface area contributed by atoms with Crippen LogP contribution in [0.15, 0.2) is 11.4 Å². The predicted molar refractivity (Wildman–Crippen MR) is 73.8 cm³/mol. The molecule has 20 heavy (non-hydrogen) atoms. The van der Waals surface area contributed by atoms with Crippen molar-refractivity contribution in [3.05, 3.63) is 11.4 Å². The van der Waals surface area contributed by atoms with Crippen LogP contribution in [0.1, 0.15) is 39.0 Å². The van der Waals surface area contributed by atoms with Gasteiger partial charge in [0.25, 0.3) is 0 Å². The predicted octanol–water partition coefficient (Wildman–Crippen LogP) is 1.29. The SMILES string of the molecule is CCOC(=O)C1CC(=O)C2=C3N(CCCC2)CCCN31. The summed E-state index contributed by atoms with van der Waals surface area (Å²) < 4.78 is 5.16. The summed E-state index contributed by atoms with van der Waals surface area (Å²) in [6.45, 7) is 5.02. The van der Waals surface area contributed by atoms with Gasteiger partial charge >= 0.3 is 5.97 Å². The summed E-state index contributed by atoms with van der Waals surface area (Å²) in [5.74, 6) is 0.921. The molecule has 1 atom stereocenters. The molecule has 0 aromatic rings. The molecule has 3 aliphatic heterocycles. The van der Waals surface area contributed by atoms with Gasteiger partial charge < -0.3 is 14.5 Å². The van der Waals surface area contributed by atoms with Crippen LogP contribution in [0.25, 0.3) is 0 Å². The first-order valence-electron chi connectivity index (χ1n) is 7.67. The van der Waals surface area contributed by atoms with Gasteiger partial charge in [-0.05, 0) is 32.6 Å². The van der Waals surface area contributed by atoms with Crippen molar-refractivity contribution in [2.45, 2.75) is 45.1 Å². The van der Waals surface area contributed by atoms with Crippen LogP contribution in [0, 0.1) is 0 Å². The molecule has 3 rings (SSSR count). The first-order valence-corrected chi connectivity index (χ1v) is 7.67. The van der Waals surface area contributed by atoms with Crippen molar-refractivity contribution in [2.75, 3.05) is 26.2 Å². The Bertz CT molecular complexity index is 458. The normalized spacial score (nSPS) is 26.2. The molecule has 0 aliphatic carbocycles. The van der Waals surface area contributed by atoms with Crippen molar-refractivity contribution in [1.82, 2.24) is 9.80 Å². The van der Waals surface area contributed by atoms with Crippen molar-refractivity contribution in [2.24, 2.45) is 0 Å². The average molecular weight is 278 g/mol. The molecule has 3 heterocycles. The van der Waals surface area contributed by atoms with Crippen LogP contribution in [0.3, 0.4) is 0 Å². The highest BCUT2D eigenvalue weighted by atomic mass is 16.5. The number of rotatable bonds is 2. The lowest BCUT2D eigenvalue weighted by Gasteiger charge is -2.46. The molecule has 110 valence electrons. The minimum absolute atomic E-state index is 0.142. The number of nitrogens with zero attached hydrogens (tertiary/aromatic N) is 2. The molecule has 3 aliphatic rings. The number of esters is 1. The molecule has 0 saturated carbocycles. The number of hydrogen-bond donors (Lipinski definition) is 0. The van der Waals surface area contributed by atoms with Crippen LogP contribution in [-0.2, 0) is 14.3 Å². The third kappa shape index (κ3) is 2.19. The van der Waals surface area contributed by atoms with E-state index in [0.717, 1.165) is 56.7 Å². The van der Waals surface area contributed by atoms with Crippen molar-refractivity contribution >= 4 is 11.8 Å². The summed E-state index contributed by atoms with van der Waals surface area (Å²) >= 11 is 0. The Hall–Kier alpha value is -1.52. The van der Waals surface area contributed by atoms with Crippen LogP contribution in [0.4, 0.5) is 0 Å². The van der Waals surface area contributed by atoms with Crippen molar-refractivity contribution in [1.29, 1.82) is 0 Å². The van der Waals surface area contributed by atoms with E-state index in [2.05, 4.69) is 9.80 Å². The molecule has 1 saturated heterocycles. The van der Waals surface area contributed by atoms with Crippen molar-refractivity contribution in [3.8, 4) is 0 Å². The zero-order valence-corrected chi connectivity index (χ0v) is 12.1. The van der Waals surface area contributed by atoms with Gasteiger partial charge in [-0.2, -0.15) is 0 Å². The molecule has 0 amide bonds. The zero-order chi connectivity index (χ0) is 14.1. The Morgan fingerprint density at radius 2 is 2.05 bits per heavy atom. The minimum atomic E-state index is -0.415. The Labute approximate surface area is 119 Å². The molecule has 0 bridgehead atoms. The Kier molecular flexibility index (Phi) is 3.68. The number of Topliss-reactive ketones (excluding diaryl/α,β-unsaturated/α-hetero) is 1. The maximum absolute atomic E-state index is 12.4. The number of carbonyl (C=O) groups excluding carboxylic acids is 2. The molecule has 0 aromatic carbocycles. The van der Waals surface area contributed by atoms with Gasteiger partial charge in [0.15, 0.2) is 5.78 Å². The lowest BCUT2D eigenvalue weighted by Crippen LogP contribution is -2.54. The van der Waals surface area contributed by atoms with Crippen LogP contribution >= 0.6 is 0 Å². The van der Waals surface area contributed by atoms with Crippen LogP contribution in [0.5, 0.6) is 0 Å². The molecule has 1 fully saturated rings. The molecule has 5 heteroatoms. The Morgan fingerprint density at radius 1 is 1.25 bits per heavy atom. The van der Waals surface area contributed by atoms with Gasteiger partial charge in [-0.15, -0.1) is 0 Å². The van der Waals surface area contributed by atoms with Crippen LogP contribution in [-0.4, -0.2) is 53.8 Å². The molecule has 0 spiro atoms. The van der Waals surface area contributed by atoms with E-state index in [-0.39, 0.29) is 18.2 Å². The summed E-state index contributed by atoms with van der Waals surface area (Å²) in [4.78, 5) is 29.0. The Balaban J connectivity index is 1.95. The van der Waals surface area contributed by atoms with E-state index in [9.17, 15) is 9.59 Å². The smallest absolute Gasteiger partial charge is 0.329 e. The fourth-order valence-electron chi connectivity index (χ4n) is 3.55. The quantitative estimate of drug-likeness (QED) is 0.713. The largest absolute Gasteiger partial charge is 0.464 e. The molecular formula is C15H22N2O3. The van der Waals surface area contributed by atoms with E-state index in [1.165, 1.54) is 0 Å². The summed E-state index contributed by atoms with van der Waals surface area (Å²) in [5.41, 5.74) is 0.947. The summed E-state index contributed by atoms with van der Waals surface area (Å²) in [7, 11) is 0. The van der Waals surface area contributed by atoms with Crippen molar-refractivity contribution < 1.29 is 14.3 Å². The van der Waals surface area contributed by atoms with Gasteiger partial charge in [0, 0.05) is 31.6 Å². The maximum atomic E-state index is 12.4. The molecule has 0 N–H and O–H groups in total. The highest BCUT2D eigenvalue weighted by molar-refractivity contribution is 6.00. The van der Waals surface area contributed by atoms with Crippen molar-refractivity contribution in [3.63, 3.8) is 0 Å². The monoisotopic (exact) mass is 278 g/mol. The third-order valence-corrected chi connectivity index (χ3v) is 4.42. The highest BCUT2D eigenvalue weighted by Gasteiger charge is 2.42. The van der Waals surface area contributed by atoms with E-state index in [0.29, 0.717) is 6.61 Å². The molecule has 5 nitrogen and oxygen atoms in total. The first-order chi connectivity index (χ1) is 9.72. The third-order valence-electron chi connectivity index (χ3n) is 4.42. The van der Waals surface area contributed by atoms with E-state index in [1.807, 2.05) is 0 Å². The number of allylic oxidation sites excluding steroid dienone is 1. The number of carbonyl (C=O) groups is 2. The van der Waals surface area contributed by atoms with Gasteiger partial charge in [-0.3, -0.25) is 4.79 Å². The highest BCUT2D eigenvalue weighted by Crippen LogP contribution is 2.35. The van der Waals surface area contributed by atoms with Crippen LogP contribution < -0.4 is 0 Å². The summed E-state index contributed by atoms with van der Waals surface area (Å²) in [6.07, 6.45) is 4.38. The number of ketones is 1. The summed E-state index contributed by atoms with van der Waals surface area (Å²) in [5, 5.41) is 0. The Morgan fingerprint density at radius 3 is 2.85 bits per heavy atom. The second-order valence-electron chi connectivity index (χ2n) is 5.69. The zero-order valence-electron chi connectivity index (χ0n) is 12.1. The number of hydrogen-bond acceptors (Lipinski definition) is 5. The standard InChI is InChI=1S/C15H22N2O3/c1-2-20-15(19)12-10-13(18)11-6-3-4-7-16-8-5-9-17(12)14(11)16/h12H,2-10H2,1H3.